The molecule has 26 heavy (non-hydrogen) atoms. The van der Waals surface area contributed by atoms with Gasteiger partial charge in [-0.05, 0) is 24.6 Å². The summed E-state index contributed by atoms with van der Waals surface area (Å²) in [5.74, 6) is -1.96. The standard InChI is InChI=1S/C17H18F3N3O3/c1-2-3-4-8-14(24)22-11-6-5-7-12(9-11)23-15(17(18,19)20)13(10-21-23)16(25)26/h5-7,9-10H,2-4,8H2,1H3,(H,22,24)(H,25,26). The molecule has 0 saturated carbocycles. The van der Waals surface area contributed by atoms with Crippen molar-refractivity contribution >= 4 is 17.6 Å². The fraction of sp³-hybridized carbons (Fsp3) is 0.353. The van der Waals surface area contributed by atoms with Gasteiger partial charge >= 0.3 is 12.1 Å². The zero-order valence-electron chi connectivity index (χ0n) is 14.0. The first kappa shape index (κ1) is 19.5. The van der Waals surface area contributed by atoms with Gasteiger partial charge in [-0.3, -0.25) is 4.79 Å². The van der Waals surface area contributed by atoms with Crippen molar-refractivity contribution in [3.63, 3.8) is 0 Å². The van der Waals surface area contributed by atoms with Crippen molar-refractivity contribution in [1.29, 1.82) is 0 Å². The van der Waals surface area contributed by atoms with Crippen LogP contribution in [0.5, 0.6) is 0 Å². The molecule has 0 aliphatic rings. The number of alkyl halides is 3. The van der Waals surface area contributed by atoms with Crippen molar-refractivity contribution < 1.29 is 27.9 Å². The smallest absolute Gasteiger partial charge is 0.434 e. The number of carboxylic acids is 1. The summed E-state index contributed by atoms with van der Waals surface area (Å²) in [4.78, 5) is 22.9. The molecule has 0 saturated heterocycles. The fourth-order valence-electron chi connectivity index (χ4n) is 2.45. The Balaban J connectivity index is 2.31. The molecule has 0 radical (unpaired) electrons. The Morgan fingerprint density at radius 3 is 2.62 bits per heavy atom. The minimum Gasteiger partial charge on any atom is -0.478 e. The minimum atomic E-state index is -4.90. The quantitative estimate of drug-likeness (QED) is 0.720. The first-order chi connectivity index (χ1) is 12.2. The second-order valence-electron chi connectivity index (χ2n) is 5.68. The molecular formula is C17H18F3N3O3. The van der Waals surface area contributed by atoms with Crippen molar-refractivity contribution in [3.8, 4) is 5.69 Å². The Bertz CT molecular complexity index is 800. The number of rotatable bonds is 7. The number of nitrogens with zero attached hydrogens (tertiary/aromatic N) is 2. The average Bonchev–Trinajstić information content (AvgIpc) is 3.01. The molecule has 6 nitrogen and oxygen atoms in total. The highest BCUT2D eigenvalue weighted by molar-refractivity contribution is 5.91. The number of hydrogen-bond acceptors (Lipinski definition) is 3. The fourth-order valence-corrected chi connectivity index (χ4v) is 2.45. The van der Waals surface area contributed by atoms with Gasteiger partial charge in [0.1, 0.15) is 5.56 Å². The summed E-state index contributed by atoms with van der Waals surface area (Å²) in [5, 5.41) is 15.1. The molecule has 0 unspecified atom stereocenters. The van der Waals surface area contributed by atoms with Crippen molar-refractivity contribution in [2.24, 2.45) is 0 Å². The predicted octanol–water partition coefficient (Wildman–Crippen LogP) is 4.11. The molecule has 0 atom stereocenters. The van der Waals surface area contributed by atoms with Gasteiger partial charge in [0.05, 0.1) is 11.9 Å². The molecule has 0 fully saturated rings. The Hall–Kier alpha value is -2.84. The maximum atomic E-state index is 13.3. The summed E-state index contributed by atoms with van der Waals surface area (Å²) in [7, 11) is 0. The highest BCUT2D eigenvalue weighted by Gasteiger charge is 2.40. The van der Waals surface area contributed by atoms with E-state index in [9.17, 15) is 22.8 Å². The molecule has 9 heteroatoms. The number of benzene rings is 1. The summed E-state index contributed by atoms with van der Waals surface area (Å²) < 4.78 is 40.3. The van der Waals surface area contributed by atoms with Crippen LogP contribution in [0, 0.1) is 0 Å². The number of halogens is 3. The number of amides is 1. The molecule has 1 heterocycles. The van der Waals surface area contributed by atoms with E-state index in [2.05, 4.69) is 10.4 Å². The predicted molar refractivity (Wildman–Crippen MR) is 88.3 cm³/mol. The van der Waals surface area contributed by atoms with Crippen molar-refractivity contribution in [3.05, 3.63) is 41.7 Å². The topological polar surface area (TPSA) is 84.2 Å². The summed E-state index contributed by atoms with van der Waals surface area (Å²) in [6.07, 6.45) is -1.33. The van der Waals surface area contributed by atoms with Crippen LogP contribution in [0.2, 0.25) is 0 Å². The Morgan fingerprint density at radius 1 is 1.27 bits per heavy atom. The Morgan fingerprint density at radius 2 is 2.00 bits per heavy atom. The second kappa shape index (κ2) is 8.03. The molecule has 2 N–H and O–H groups in total. The molecule has 2 rings (SSSR count). The van der Waals surface area contributed by atoms with Gasteiger partial charge in [-0.1, -0.05) is 25.8 Å². The summed E-state index contributed by atoms with van der Waals surface area (Å²) in [6.45, 7) is 2.01. The van der Waals surface area contributed by atoms with Crippen LogP contribution in [0.15, 0.2) is 30.5 Å². The highest BCUT2D eigenvalue weighted by atomic mass is 19.4. The van der Waals surface area contributed by atoms with Crippen LogP contribution >= 0.6 is 0 Å². The molecule has 1 aromatic carbocycles. The Kier molecular flexibility index (Phi) is 6.01. The van der Waals surface area contributed by atoms with E-state index in [-0.39, 0.29) is 11.6 Å². The zero-order chi connectivity index (χ0) is 19.3. The van der Waals surface area contributed by atoms with Crippen LogP contribution in [0.25, 0.3) is 5.69 Å². The first-order valence-corrected chi connectivity index (χ1v) is 8.02. The van der Waals surface area contributed by atoms with E-state index < -0.39 is 23.4 Å². The lowest BCUT2D eigenvalue weighted by molar-refractivity contribution is -0.143. The number of aromatic nitrogens is 2. The van der Waals surface area contributed by atoms with E-state index >= 15 is 0 Å². The van der Waals surface area contributed by atoms with Gasteiger partial charge in [0.15, 0.2) is 5.69 Å². The summed E-state index contributed by atoms with van der Waals surface area (Å²) in [5.41, 5.74) is -2.01. The third-order valence-corrected chi connectivity index (χ3v) is 3.65. The molecule has 140 valence electrons. The number of carbonyl (C=O) groups excluding carboxylic acids is 1. The van der Waals surface area contributed by atoms with Gasteiger partial charge in [-0.2, -0.15) is 18.3 Å². The van der Waals surface area contributed by atoms with E-state index in [1.54, 1.807) is 0 Å². The highest BCUT2D eigenvalue weighted by Crippen LogP contribution is 2.34. The molecule has 0 bridgehead atoms. The van der Waals surface area contributed by atoms with Crippen molar-refractivity contribution in [1.82, 2.24) is 9.78 Å². The van der Waals surface area contributed by atoms with Crippen LogP contribution in [0.1, 0.15) is 48.7 Å². The zero-order valence-corrected chi connectivity index (χ0v) is 14.0. The van der Waals surface area contributed by atoms with Crippen LogP contribution < -0.4 is 5.32 Å². The molecule has 1 amide bonds. The second-order valence-corrected chi connectivity index (χ2v) is 5.68. The lowest BCUT2D eigenvalue weighted by Crippen LogP contribution is -2.17. The number of carboxylic acid groups (broad SMARTS) is 1. The maximum Gasteiger partial charge on any atom is 0.434 e. The SMILES string of the molecule is CCCCCC(=O)Nc1cccc(-n2ncc(C(=O)O)c2C(F)(F)F)c1. The third-order valence-electron chi connectivity index (χ3n) is 3.65. The summed E-state index contributed by atoms with van der Waals surface area (Å²) in [6, 6.07) is 5.65. The van der Waals surface area contributed by atoms with Gasteiger partial charge in [-0.15, -0.1) is 0 Å². The van der Waals surface area contributed by atoms with Gasteiger partial charge in [0.25, 0.3) is 0 Å². The number of anilines is 1. The molecular weight excluding hydrogens is 351 g/mol. The molecule has 2 aromatic rings. The third kappa shape index (κ3) is 4.62. The van der Waals surface area contributed by atoms with Gasteiger partial charge in [-0.25, -0.2) is 9.48 Å². The van der Waals surface area contributed by atoms with Gasteiger partial charge in [0.2, 0.25) is 5.91 Å². The number of hydrogen-bond donors (Lipinski definition) is 2. The largest absolute Gasteiger partial charge is 0.478 e. The minimum absolute atomic E-state index is 0.00353. The van der Waals surface area contributed by atoms with E-state index in [4.69, 9.17) is 5.11 Å². The molecule has 0 aliphatic heterocycles. The van der Waals surface area contributed by atoms with Crippen LogP contribution in [-0.2, 0) is 11.0 Å². The van der Waals surface area contributed by atoms with E-state index in [0.717, 1.165) is 19.3 Å². The van der Waals surface area contributed by atoms with E-state index in [0.29, 0.717) is 23.0 Å². The summed E-state index contributed by atoms with van der Waals surface area (Å²) >= 11 is 0. The number of aromatic carboxylic acids is 1. The van der Waals surface area contributed by atoms with E-state index in [1.807, 2.05) is 6.92 Å². The van der Waals surface area contributed by atoms with E-state index in [1.165, 1.54) is 24.3 Å². The van der Waals surface area contributed by atoms with Gasteiger partial charge in [0, 0.05) is 12.1 Å². The van der Waals surface area contributed by atoms with Crippen molar-refractivity contribution in [2.45, 2.75) is 38.8 Å². The maximum absolute atomic E-state index is 13.3. The first-order valence-electron chi connectivity index (χ1n) is 8.02. The lowest BCUT2D eigenvalue weighted by atomic mass is 10.2. The van der Waals surface area contributed by atoms with Crippen LogP contribution in [0.3, 0.4) is 0 Å². The van der Waals surface area contributed by atoms with Crippen LogP contribution in [-0.4, -0.2) is 26.8 Å². The Labute approximate surface area is 147 Å². The van der Waals surface area contributed by atoms with Crippen LogP contribution in [0.4, 0.5) is 18.9 Å². The monoisotopic (exact) mass is 369 g/mol. The average molecular weight is 369 g/mol. The number of carbonyl (C=O) groups is 2. The molecule has 0 spiro atoms. The molecule has 0 aliphatic carbocycles. The van der Waals surface area contributed by atoms with Gasteiger partial charge < -0.3 is 10.4 Å². The molecule has 1 aromatic heterocycles. The lowest BCUT2D eigenvalue weighted by Gasteiger charge is -2.13. The number of unbranched alkanes of at least 4 members (excludes halogenated alkanes) is 2. The normalized spacial score (nSPS) is 11.4. The van der Waals surface area contributed by atoms with Crippen molar-refractivity contribution in [2.75, 3.05) is 5.32 Å². The number of nitrogens with one attached hydrogen (secondary N) is 1.